The number of halogens is 3. The second-order valence-corrected chi connectivity index (χ2v) is 16.3. The van der Waals surface area contributed by atoms with Crippen molar-refractivity contribution >= 4 is 37.2 Å². The summed E-state index contributed by atoms with van der Waals surface area (Å²) in [5.74, 6) is 0. The average molecular weight is 472 g/mol. The van der Waals surface area contributed by atoms with Crippen molar-refractivity contribution in [2.24, 2.45) is 0 Å². The molecule has 0 saturated heterocycles. The van der Waals surface area contributed by atoms with Gasteiger partial charge in [0, 0.05) is 26.2 Å². The van der Waals surface area contributed by atoms with Crippen molar-refractivity contribution in [3.8, 4) is 0 Å². The van der Waals surface area contributed by atoms with Crippen LogP contribution < -0.4 is 13.3 Å². The molecule has 0 aliphatic carbocycles. The molecule has 0 bridgehead atoms. The van der Waals surface area contributed by atoms with Gasteiger partial charge in [-0.3, -0.25) is 0 Å². The van der Waals surface area contributed by atoms with Crippen LogP contribution in [0, 0.1) is 0 Å². The van der Waals surface area contributed by atoms with E-state index < -0.39 is 0 Å². The van der Waals surface area contributed by atoms with Gasteiger partial charge in [-0.25, -0.2) is 0 Å². The molecule has 0 unspecified atom stereocenters. The third-order valence-corrected chi connectivity index (χ3v) is 0. The molecule has 0 saturated carbocycles. The summed E-state index contributed by atoms with van der Waals surface area (Å²) in [6.45, 7) is 0. The van der Waals surface area contributed by atoms with Gasteiger partial charge in [-0.05, 0) is 0 Å². The van der Waals surface area contributed by atoms with E-state index in [1.807, 2.05) is 0 Å². The van der Waals surface area contributed by atoms with Gasteiger partial charge >= 0.3 is 50.5 Å². The summed E-state index contributed by atoms with van der Waals surface area (Å²) in [4.78, 5) is 0. The van der Waals surface area contributed by atoms with Crippen LogP contribution >= 0.6 is 37.2 Å². The molecule has 26 valence electrons. The summed E-state index contributed by atoms with van der Waals surface area (Å²) in [6, 6.07) is 0. The van der Waals surface area contributed by atoms with Gasteiger partial charge in [-0.2, -0.15) is 0 Å². The van der Waals surface area contributed by atoms with Crippen molar-refractivity contribution in [3.05, 3.63) is 0 Å². The molecule has 0 aliphatic heterocycles. The molecule has 0 aromatic rings. The second-order valence-electron chi connectivity index (χ2n) is 0.0540. The van der Waals surface area contributed by atoms with Gasteiger partial charge in [0.15, 0.2) is 0 Å². The first-order valence-electron chi connectivity index (χ1n) is 0.286. The predicted octanol–water partition coefficient (Wildman–Crippen LogP) is -1.23. The average Bonchev–Trinajstić information content (AvgIpc) is 0.918. The van der Waals surface area contributed by atoms with Crippen LogP contribution in [0.2, 0.25) is 0 Å². The van der Waals surface area contributed by atoms with E-state index in [9.17, 15) is 0 Å². The van der Waals surface area contributed by atoms with E-state index in [0.29, 0.717) is 13.3 Å². The van der Waals surface area contributed by atoms with Gasteiger partial charge in [-0.1, -0.05) is 0 Å². The quantitative estimate of drug-likeness (QED) is 0.388. The molecule has 0 atom stereocenters. The Morgan fingerprint density at radius 2 is 1.25 bits per heavy atom. The molecule has 0 amide bonds. The van der Waals surface area contributed by atoms with Crippen LogP contribution in [0.3, 0.4) is 0 Å². The Bertz CT molecular complexity index is 3.25. The molecule has 0 spiro atoms. The molecule has 0 aromatic carbocycles. The fourth-order valence-corrected chi connectivity index (χ4v) is 0. The van der Waals surface area contributed by atoms with Crippen LogP contribution in [0.4, 0.5) is 0 Å². The van der Waals surface area contributed by atoms with Gasteiger partial charge in [0.05, 0.1) is 0 Å². The summed E-state index contributed by atoms with van der Waals surface area (Å²) in [5, 5.41) is 0. The van der Waals surface area contributed by atoms with Gasteiger partial charge < -0.3 is 0 Å². The van der Waals surface area contributed by atoms with Crippen LogP contribution in [-0.4, -0.2) is 0 Å². The van der Waals surface area contributed by atoms with Crippen LogP contribution in [0.1, 0.15) is 0 Å². The molecule has 0 aliphatic rings. The molecule has 0 heterocycles. The minimum Gasteiger partial charge on any atom is 0 e. The second kappa shape index (κ2) is 9.42. The maximum absolute atomic E-state index is 2.39. The fourth-order valence-electron chi connectivity index (χ4n) is 0. The molecule has 0 radical (unpaired) electrons. The van der Waals surface area contributed by atoms with Gasteiger partial charge in [-0.15, -0.1) is 0 Å². The molecule has 0 N–H and O–H groups in total. The molecule has 4 heteroatoms. The maximum Gasteiger partial charge on any atom is 0 e. The number of hydrogen-bond donors (Lipinski definition) is 0. The van der Waals surface area contributed by atoms with E-state index in [4.69, 9.17) is 0 Å². The Kier molecular flexibility index (Phi) is 23.9. The summed E-state index contributed by atoms with van der Waals surface area (Å²) in [5.41, 5.74) is 0. The van der Waals surface area contributed by atoms with Crippen molar-refractivity contribution < 1.29 is 39.5 Å². The zero-order chi connectivity index (χ0) is 2.71. The molecule has 0 rings (SSSR count). The van der Waals surface area contributed by atoms with E-state index in [2.05, 4.69) is 37.2 Å². The monoisotopic (exact) mass is 471 g/mol. The maximum atomic E-state index is 2.39. The summed E-state index contributed by atoms with van der Waals surface area (Å²) in [6.07, 6.45) is 0. The van der Waals surface area contributed by atoms with Crippen LogP contribution in [0.25, 0.3) is 0 Å². The standard InChI is InChI=1S/I3.Zr/c1-3-2;/q-1;. The minimum absolute atomic E-state index is 0. The number of rotatable bonds is 0. The van der Waals surface area contributed by atoms with E-state index >= 15 is 0 Å². The smallest absolute Gasteiger partial charge is 0 e. The van der Waals surface area contributed by atoms with Crippen molar-refractivity contribution in [2.75, 3.05) is 0 Å². The topological polar surface area (TPSA) is 0 Å². The minimum atomic E-state index is 0. The normalized spacial score (nSPS) is 5.50. The molecular formula is I3Zr-. The van der Waals surface area contributed by atoms with Crippen LogP contribution in [0.15, 0.2) is 0 Å². The Morgan fingerprint density at radius 3 is 1.25 bits per heavy atom. The SMILES string of the molecule is I[I-]I.[Zr]. The van der Waals surface area contributed by atoms with Crippen molar-refractivity contribution in [2.45, 2.75) is 0 Å². The largest absolute Gasteiger partial charge is 0 e. The summed E-state index contributed by atoms with van der Waals surface area (Å²) < 4.78 is 0. The van der Waals surface area contributed by atoms with E-state index in [-0.39, 0.29) is 26.2 Å². The third kappa shape index (κ3) is 8.91. The Balaban J connectivity index is 0. The number of hydrogen-bond acceptors (Lipinski definition) is 0. The van der Waals surface area contributed by atoms with Gasteiger partial charge in [0.2, 0.25) is 0 Å². The first-order valence-corrected chi connectivity index (χ1v) is 12.9. The first kappa shape index (κ1) is 10.1. The Hall–Kier alpha value is 3.07. The zero-order valence-electron chi connectivity index (χ0n) is 1.63. The van der Waals surface area contributed by atoms with Gasteiger partial charge in [0.25, 0.3) is 0 Å². The van der Waals surface area contributed by atoms with Gasteiger partial charge in [0.1, 0.15) is 0 Å². The van der Waals surface area contributed by atoms with E-state index in [1.165, 1.54) is 0 Å². The van der Waals surface area contributed by atoms with E-state index in [1.54, 1.807) is 0 Å². The first-order chi connectivity index (χ1) is 1.41. The predicted molar refractivity (Wildman–Crippen MR) is 28.0 cm³/mol. The molecule has 0 fully saturated rings. The molecule has 0 aromatic heterocycles. The van der Waals surface area contributed by atoms with Crippen molar-refractivity contribution in [3.63, 3.8) is 0 Å². The van der Waals surface area contributed by atoms with Crippen molar-refractivity contribution in [1.82, 2.24) is 0 Å². The summed E-state index contributed by atoms with van der Waals surface area (Å²) in [7, 11) is 0. The molecule has 4 heavy (non-hydrogen) atoms. The van der Waals surface area contributed by atoms with E-state index in [0.717, 1.165) is 0 Å². The fraction of sp³-hybridized carbons (Fsp3) is 0. The summed E-state index contributed by atoms with van der Waals surface area (Å²) >= 11 is 5.30. The van der Waals surface area contributed by atoms with Crippen LogP contribution in [-0.2, 0) is 26.2 Å². The van der Waals surface area contributed by atoms with Crippen LogP contribution in [0.5, 0.6) is 0 Å². The molecular weight excluding hydrogens is 472 g/mol. The third-order valence-electron chi connectivity index (χ3n) is 0. The Labute approximate surface area is 74.6 Å². The van der Waals surface area contributed by atoms with Crippen molar-refractivity contribution in [1.29, 1.82) is 0 Å². The zero-order valence-corrected chi connectivity index (χ0v) is 10.6. The Morgan fingerprint density at radius 1 is 1.25 bits per heavy atom. The molecule has 0 nitrogen and oxygen atoms in total.